The molecule has 23 heavy (non-hydrogen) atoms. The molecular formula is C20H34N2O. The van der Waals surface area contributed by atoms with Crippen LogP contribution in [0.25, 0.3) is 0 Å². The first kappa shape index (κ1) is 23.4. The molecule has 0 bridgehead atoms. The standard InChI is InChI=1S/C9H13N.C7H9NO.2C2H6/c1-4-9-6-5-7(2)8(3)10-9;1-5-3-4-7(9)8-6(5)2;2*1-2/h5-6H,4H2,1-3H3;3-4H,1-2H3,(H,8,9);2*1-2H3. The Morgan fingerprint density at radius 2 is 1.39 bits per heavy atom. The van der Waals surface area contributed by atoms with Gasteiger partial charge in [0.1, 0.15) is 0 Å². The summed E-state index contributed by atoms with van der Waals surface area (Å²) in [5, 5.41) is 0. The first-order chi connectivity index (χ1) is 10.9. The normalized spacial score (nSPS) is 8.57. The quantitative estimate of drug-likeness (QED) is 0.775. The van der Waals surface area contributed by atoms with Gasteiger partial charge in [0, 0.05) is 23.1 Å². The van der Waals surface area contributed by atoms with E-state index in [1.54, 1.807) is 0 Å². The molecule has 0 unspecified atom stereocenters. The third-order valence-corrected chi connectivity index (χ3v) is 3.16. The Hall–Kier alpha value is -1.90. The SMILES string of the molecule is CC.CC.CCc1ccc(C)c(C)n1.Cc1ccc(=O)[nH]c1C. The van der Waals surface area contributed by atoms with E-state index < -0.39 is 0 Å². The summed E-state index contributed by atoms with van der Waals surface area (Å²) in [6.07, 6.45) is 1.03. The van der Waals surface area contributed by atoms with Crippen LogP contribution in [0.4, 0.5) is 0 Å². The van der Waals surface area contributed by atoms with Gasteiger partial charge in [-0.15, -0.1) is 0 Å². The number of H-pyrrole nitrogens is 1. The average Bonchev–Trinajstić information content (AvgIpc) is 2.58. The molecule has 3 nitrogen and oxygen atoms in total. The molecular weight excluding hydrogens is 284 g/mol. The molecule has 0 radical (unpaired) electrons. The van der Waals surface area contributed by atoms with E-state index >= 15 is 0 Å². The Balaban J connectivity index is 0. The number of aromatic amines is 1. The maximum atomic E-state index is 10.6. The van der Waals surface area contributed by atoms with Crippen LogP contribution in [-0.2, 0) is 6.42 Å². The molecule has 130 valence electrons. The molecule has 2 rings (SSSR count). The van der Waals surface area contributed by atoms with Crippen LogP contribution in [0.5, 0.6) is 0 Å². The van der Waals surface area contributed by atoms with Crippen LogP contribution in [0, 0.1) is 27.7 Å². The van der Waals surface area contributed by atoms with Crippen LogP contribution in [0.2, 0.25) is 0 Å². The third kappa shape index (κ3) is 9.67. The minimum atomic E-state index is -0.0295. The van der Waals surface area contributed by atoms with Gasteiger partial charge in [0.05, 0.1) is 0 Å². The Kier molecular flexibility index (Phi) is 14.0. The van der Waals surface area contributed by atoms with Crippen LogP contribution in [0.1, 0.15) is 62.8 Å². The highest BCUT2D eigenvalue weighted by Crippen LogP contribution is 2.04. The second-order valence-electron chi connectivity index (χ2n) is 4.69. The molecule has 0 aliphatic carbocycles. The van der Waals surface area contributed by atoms with Gasteiger partial charge in [-0.25, -0.2) is 0 Å². The zero-order valence-electron chi connectivity index (χ0n) is 16.4. The van der Waals surface area contributed by atoms with Crippen molar-refractivity contribution in [2.45, 2.75) is 68.7 Å². The fourth-order valence-corrected chi connectivity index (χ4v) is 1.53. The minimum Gasteiger partial charge on any atom is -0.326 e. The van der Waals surface area contributed by atoms with E-state index in [9.17, 15) is 4.79 Å². The Morgan fingerprint density at radius 3 is 1.78 bits per heavy atom. The summed E-state index contributed by atoms with van der Waals surface area (Å²) in [5.74, 6) is 0. The van der Waals surface area contributed by atoms with Gasteiger partial charge >= 0.3 is 0 Å². The number of aryl methyl sites for hydroxylation is 5. The van der Waals surface area contributed by atoms with Crippen molar-refractivity contribution in [1.29, 1.82) is 0 Å². The molecule has 0 aromatic carbocycles. The van der Waals surface area contributed by atoms with Gasteiger partial charge in [-0.05, 0) is 51.3 Å². The molecule has 0 spiro atoms. The molecule has 0 amide bonds. The summed E-state index contributed by atoms with van der Waals surface area (Å²) in [7, 11) is 0. The van der Waals surface area contributed by atoms with Gasteiger partial charge < -0.3 is 4.98 Å². The summed E-state index contributed by atoms with van der Waals surface area (Å²) in [5.41, 5.74) is 5.65. The van der Waals surface area contributed by atoms with E-state index in [4.69, 9.17) is 0 Å². The van der Waals surface area contributed by atoms with Crippen molar-refractivity contribution >= 4 is 0 Å². The average molecular weight is 319 g/mol. The molecule has 3 heteroatoms. The number of hydrogen-bond donors (Lipinski definition) is 1. The predicted octanol–water partition coefficient (Wildman–Crippen LogP) is 5.30. The molecule has 0 saturated carbocycles. The van der Waals surface area contributed by atoms with Gasteiger partial charge in [0.15, 0.2) is 0 Å². The van der Waals surface area contributed by atoms with Crippen molar-refractivity contribution in [1.82, 2.24) is 9.97 Å². The summed E-state index contributed by atoms with van der Waals surface area (Å²) in [4.78, 5) is 17.7. The predicted molar refractivity (Wildman–Crippen MR) is 102 cm³/mol. The topological polar surface area (TPSA) is 45.8 Å². The minimum absolute atomic E-state index is 0.0295. The number of nitrogens with zero attached hydrogens (tertiary/aromatic N) is 1. The van der Waals surface area contributed by atoms with Crippen LogP contribution in [0.3, 0.4) is 0 Å². The van der Waals surface area contributed by atoms with Gasteiger partial charge in [-0.1, -0.05) is 46.8 Å². The lowest BCUT2D eigenvalue weighted by Crippen LogP contribution is -2.05. The number of aromatic nitrogens is 2. The van der Waals surface area contributed by atoms with Gasteiger partial charge in [-0.2, -0.15) is 0 Å². The zero-order chi connectivity index (χ0) is 18.4. The Morgan fingerprint density at radius 1 is 0.870 bits per heavy atom. The van der Waals surface area contributed by atoms with E-state index in [0.29, 0.717) is 0 Å². The highest BCUT2D eigenvalue weighted by atomic mass is 16.1. The maximum Gasteiger partial charge on any atom is 0.248 e. The van der Waals surface area contributed by atoms with Gasteiger partial charge in [0.2, 0.25) is 5.56 Å². The Labute approximate surface area is 142 Å². The van der Waals surface area contributed by atoms with Crippen LogP contribution >= 0.6 is 0 Å². The third-order valence-electron chi connectivity index (χ3n) is 3.16. The molecule has 0 saturated heterocycles. The highest BCUT2D eigenvalue weighted by Gasteiger charge is 1.93. The monoisotopic (exact) mass is 318 g/mol. The summed E-state index contributed by atoms with van der Waals surface area (Å²) < 4.78 is 0. The van der Waals surface area contributed by atoms with E-state index in [-0.39, 0.29) is 5.56 Å². The molecule has 2 aromatic rings. The van der Waals surface area contributed by atoms with E-state index in [1.165, 1.54) is 17.3 Å². The molecule has 1 N–H and O–H groups in total. The number of pyridine rings is 2. The van der Waals surface area contributed by atoms with Crippen molar-refractivity contribution in [3.63, 3.8) is 0 Å². The molecule has 2 heterocycles. The van der Waals surface area contributed by atoms with Gasteiger partial charge in [0.25, 0.3) is 0 Å². The van der Waals surface area contributed by atoms with Crippen LogP contribution in [0.15, 0.2) is 29.1 Å². The van der Waals surface area contributed by atoms with Crippen molar-refractivity contribution in [3.8, 4) is 0 Å². The van der Waals surface area contributed by atoms with Crippen molar-refractivity contribution in [2.75, 3.05) is 0 Å². The molecule has 2 aromatic heterocycles. The maximum absolute atomic E-state index is 10.6. The van der Waals surface area contributed by atoms with Crippen molar-refractivity contribution in [2.24, 2.45) is 0 Å². The van der Waals surface area contributed by atoms with E-state index in [1.807, 2.05) is 47.6 Å². The lowest BCUT2D eigenvalue weighted by atomic mass is 10.2. The molecule has 0 atom stereocenters. The highest BCUT2D eigenvalue weighted by molar-refractivity contribution is 5.20. The molecule has 0 fully saturated rings. The fourth-order valence-electron chi connectivity index (χ4n) is 1.53. The smallest absolute Gasteiger partial charge is 0.248 e. The molecule has 0 aliphatic heterocycles. The lowest BCUT2D eigenvalue weighted by molar-refractivity contribution is 0.993. The first-order valence-electron chi connectivity index (χ1n) is 8.53. The van der Waals surface area contributed by atoms with Gasteiger partial charge in [-0.3, -0.25) is 9.78 Å². The second kappa shape index (κ2) is 13.7. The number of hydrogen-bond acceptors (Lipinski definition) is 2. The fraction of sp³-hybridized carbons (Fsp3) is 0.500. The lowest BCUT2D eigenvalue weighted by Gasteiger charge is -2.00. The first-order valence-corrected chi connectivity index (χ1v) is 8.53. The van der Waals surface area contributed by atoms with Crippen molar-refractivity contribution < 1.29 is 0 Å². The van der Waals surface area contributed by atoms with E-state index in [2.05, 4.69) is 42.9 Å². The largest absolute Gasteiger partial charge is 0.326 e. The van der Waals surface area contributed by atoms with Crippen molar-refractivity contribution in [3.05, 3.63) is 62.8 Å². The summed E-state index contributed by atoms with van der Waals surface area (Å²) in [6.45, 7) is 18.1. The molecule has 0 aliphatic rings. The summed E-state index contributed by atoms with van der Waals surface area (Å²) in [6, 6.07) is 7.56. The van der Waals surface area contributed by atoms with Crippen LogP contribution < -0.4 is 5.56 Å². The van der Waals surface area contributed by atoms with Crippen LogP contribution in [-0.4, -0.2) is 9.97 Å². The van der Waals surface area contributed by atoms with E-state index in [0.717, 1.165) is 23.4 Å². The zero-order valence-corrected chi connectivity index (χ0v) is 16.4. The second-order valence-corrected chi connectivity index (χ2v) is 4.69. The Bertz CT molecular complexity index is 601. The number of nitrogens with one attached hydrogen (secondary N) is 1. The number of rotatable bonds is 1. The summed E-state index contributed by atoms with van der Waals surface area (Å²) >= 11 is 0.